The summed E-state index contributed by atoms with van der Waals surface area (Å²) in [6, 6.07) is 0. The molecule has 0 aromatic heterocycles. The molecule has 0 radical (unpaired) electrons. The van der Waals surface area contributed by atoms with Gasteiger partial charge < -0.3 is 0 Å². The summed E-state index contributed by atoms with van der Waals surface area (Å²) in [5, 5.41) is 4.70. The molecule has 1 unspecified atom stereocenters. The average Bonchev–Trinajstić information content (AvgIpc) is 2.27. The molecule has 102 valence electrons. The first-order valence-corrected chi connectivity index (χ1v) is 7.67. The zero-order valence-corrected chi connectivity index (χ0v) is 12.4. The second-order valence-corrected chi connectivity index (χ2v) is 6.40. The van der Waals surface area contributed by atoms with E-state index in [0.717, 1.165) is 0 Å². The van der Waals surface area contributed by atoms with Crippen molar-refractivity contribution in [3.05, 3.63) is 11.3 Å². The highest BCUT2D eigenvalue weighted by molar-refractivity contribution is 5.91. The Morgan fingerprint density at radius 1 is 1.00 bits per heavy atom. The molecule has 0 aromatic carbocycles. The van der Waals surface area contributed by atoms with E-state index in [-0.39, 0.29) is 0 Å². The number of hydrazone groups is 1. The van der Waals surface area contributed by atoms with E-state index in [1.807, 2.05) is 0 Å². The lowest BCUT2D eigenvalue weighted by Crippen LogP contribution is -2.33. The third-order valence-corrected chi connectivity index (χ3v) is 4.29. The Morgan fingerprint density at radius 2 is 1.72 bits per heavy atom. The fourth-order valence-electron chi connectivity index (χ4n) is 3.32. The van der Waals surface area contributed by atoms with Crippen molar-refractivity contribution in [2.45, 2.75) is 66.2 Å². The topological polar surface area (TPSA) is 24.4 Å². The number of hydrogen-bond acceptors (Lipinski definition) is 2. The Morgan fingerprint density at radius 3 is 2.39 bits per heavy atom. The van der Waals surface area contributed by atoms with E-state index in [2.05, 4.69) is 33.1 Å². The van der Waals surface area contributed by atoms with Crippen molar-refractivity contribution >= 4 is 5.71 Å². The quantitative estimate of drug-likeness (QED) is 0.765. The van der Waals surface area contributed by atoms with Gasteiger partial charge in [0.25, 0.3) is 0 Å². The maximum atomic E-state index is 4.70. The fraction of sp³-hybridized carbons (Fsp3) is 0.812. The number of allylic oxidation sites excluding steroid dienone is 2. The van der Waals surface area contributed by atoms with Crippen LogP contribution in [0.5, 0.6) is 0 Å². The van der Waals surface area contributed by atoms with Crippen molar-refractivity contribution in [2.75, 3.05) is 0 Å². The number of hydrogen-bond donors (Lipinski definition) is 1. The molecule has 0 amide bonds. The average molecular weight is 248 g/mol. The van der Waals surface area contributed by atoms with E-state index >= 15 is 0 Å². The first-order valence-electron chi connectivity index (χ1n) is 7.67. The molecule has 1 fully saturated rings. The van der Waals surface area contributed by atoms with Gasteiger partial charge in [0.1, 0.15) is 0 Å². The van der Waals surface area contributed by atoms with Crippen molar-refractivity contribution in [3.63, 3.8) is 0 Å². The van der Waals surface area contributed by atoms with Crippen LogP contribution in [0.4, 0.5) is 0 Å². The van der Waals surface area contributed by atoms with E-state index in [4.69, 9.17) is 5.10 Å². The molecule has 1 aliphatic heterocycles. The standard InChI is InChI=1S/C16H28N2/c1-11(2)15-13-9-7-5-6-8-10-14(13)16(12(3)4)18-17-15/h11-13,18H,5-10H2,1-4H3. The van der Waals surface area contributed by atoms with Crippen molar-refractivity contribution in [2.24, 2.45) is 22.9 Å². The minimum Gasteiger partial charge on any atom is -0.282 e. The summed E-state index contributed by atoms with van der Waals surface area (Å²) in [6.07, 6.45) is 8.11. The minimum absolute atomic E-state index is 0.561. The number of fused-ring (bicyclic) bond motifs is 1. The molecule has 1 heterocycles. The van der Waals surface area contributed by atoms with E-state index in [9.17, 15) is 0 Å². The summed E-state index contributed by atoms with van der Waals surface area (Å²) < 4.78 is 0. The number of nitrogens with one attached hydrogen (secondary N) is 1. The Hall–Kier alpha value is -0.790. The molecular formula is C16H28N2. The van der Waals surface area contributed by atoms with E-state index in [1.54, 1.807) is 5.57 Å². The van der Waals surface area contributed by atoms with Gasteiger partial charge >= 0.3 is 0 Å². The molecule has 2 rings (SSSR count). The second kappa shape index (κ2) is 5.90. The van der Waals surface area contributed by atoms with Crippen LogP contribution in [0.2, 0.25) is 0 Å². The summed E-state index contributed by atoms with van der Waals surface area (Å²) in [4.78, 5) is 0. The van der Waals surface area contributed by atoms with Gasteiger partial charge in [-0.25, -0.2) is 0 Å². The first kappa shape index (κ1) is 13.6. The van der Waals surface area contributed by atoms with Crippen LogP contribution in [-0.4, -0.2) is 5.71 Å². The summed E-state index contributed by atoms with van der Waals surface area (Å²) >= 11 is 0. The van der Waals surface area contributed by atoms with Crippen LogP contribution in [0, 0.1) is 17.8 Å². The Balaban J connectivity index is 2.31. The molecular weight excluding hydrogens is 220 g/mol. The lowest BCUT2D eigenvalue weighted by atomic mass is 9.77. The second-order valence-electron chi connectivity index (χ2n) is 6.40. The Bertz CT molecular complexity index is 350. The highest BCUT2D eigenvalue weighted by atomic mass is 15.3. The lowest BCUT2D eigenvalue weighted by molar-refractivity contribution is 0.484. The molecule has 1 saturated carbocycles. The maximum absolute atomic E-state index is 4.70. The molecule has 2 heteroatoms. The van der Waals surface area contributed by atoms with Crippen molar-refractivity contribution in [1.82, 2.24) is 5.43 Å². The smallest absolute Gasteiger partial charge is 0.0479 e. The summed E-state index contributed by atoms with van der Waals surface area (Å²) in [7, 11) is 0. The van der Waals surface area contributed by atoms with Crippen LogP contribution in [0.25, 0.3) is 0 Å². The molecule has 1 atom stereocenters. The summed E-state index contributed by atoms with van der Waals surface area (Å²) in [5.74, 6) is 1.76. The van der Waals surface area contributed by atoms with Crippen molar-refractivity contribution < 1.29 is 0 Å². The van der Waals surface area contributed by atoms with Crippen LogP contribution in [0.1, 0.15) is 66.2 Å². The van der Waals surface area contributed by atoms with Gasteiger partial charge in [-0.2, -0.15) is 5.10 Å². The summed E-state index contributed by atoms with van der Waals surface area (Å²) in [5.41, 5.74) is 7.83. The SMILES string of the molecule is CC(C)C1=NNC(C(C)C)=C2CCCCCCC12. The number of nitrogens with zero attached hydrogens (tertiary/aromatic N) is 1. The van der Waals surface area contributed by atoms with Crippen LogP contribution < -0.4 is 5.43 Å². The van der Waals surface area contributed by atoms with E-state index < -0.39 is 0 Å². The van der Waals surface area contributed by atoms with Gasteiger partial charge in [0.05, 0.1) is 0 Å². The zero-order chi connectivity index (χ0) is 13.1. The predicted octanol–water partition coefficient (Wildman–Crippen LogP) is 4.48. The Kier molecular flexibility index (Phi) is 4.47. The van der Waals surface area contributed by atoms with Gasteiger partial charge in [-0.15, -0.1) is 0 Å². The molecule has 2 aliphatic rings. The van der Waals surface area contributed by atoms with Gasteiger partial charge in [-0.05, 0) is 36.7 Å². The van der Waals surface area contributed by atoms with Gasteiger partial charge in [-0.1, -0.05) is 47.0 Å². The molecule has 1 N–H and O–H groups in total. The number of rotatable bonds is 2. The van der Waals surface area contributed by atoms with Crippen molar-refractivity contribution in [1.29, 1.82) is 0 Å². The molecule has 18 heavy (non-hydrogen) atoms. The third-order valence-electron chi connectivity index (χ3n) is 4.29. The monoisotopic (exact) mass is 248 g/mol. The molecule has 1 aliphatic carbocycles. The Labute approximate surface area is 112 Å². The van der Waals surface area contributed by atoms with Crippen LogP contribution in [-0.2, 0) is 0 Å². The van der Waals surface area contributed by atoms with E-state index in [0.29, 0.717) is 17.8 Å². The van der Waals surface area contributed by atoms with Crippen LogP contribution in [0.3, 0.4) is 0 Å². The first-order chi connectivity index (χ1) is 8.61. The van der Waals surface area contributed by atoms with Crippen molar-refractivity contribution in [3.8, 4) is 0 Å². The highest BCUT2D eigenvalue weighted by Gasteiger charge is 2.30. The fourth-order valence-corrected chi connectivity index (χ4v) is 3.32. The van der Waals surface area contributed by atoms with Crippen LogP contribution in [0.15, 0.2) is 16.4 Å². The van der Waals surface area contributed by atoms with Gasteiger partial charge in [0.15, 0.2) is 0 Å². The molecule has 0 spiro atoms. The highest BCUT2D eigenvalue weighted by Crippen LogP contribution is 2.35. The molecule has 0 saturated heterocycles. The summed E-state index contributed by atoms with van der Waals surface area (Å²) in [6.45, 7) is 9.11. The predicted molar refractivity (Wildman–Crippen MR) is 78.5 cm³/mol. The minimum atomic E-state index is 0.561. The van der Waals surface area contributed by atoms with Crippen LogP contribution >= 0.6 is 0 Å². The zero-order valence-electron chi connectivity index (χ0n) is 12.4. The maximum Gasteiger partial charge on any atom is 0.0479 e. The lowest BCUT2D eigenvalue weighted by Gasteiger charge is -2.34. The molecule has 2 nitrogen and oxygen atoms in total. The van der Waals surface area contributed by atoms with Gasteiger partial charge in [0.2, 0.25) is 0 Å². The van der Waals surface area contributed by atoms with E-state index in [1.165, 1.54) is 49.9 Å². The molecule has 0 bridgehead atoms. The van der Waals surface area contributed by atoms with Gasteiger partial charge in [-0.3, -0.25) is 5.43 Å². The third kappa shape index (κ3) is 2.78. The molecule has 0 aromatic rings. The van der Waals surface area contributed by atoms with Gasteiger partial charge in [0, 0.05) is 17.3 Å². The largest absolute Gasteiger partial charge is 0.282 e. The normalized spacial score (nSPS) is 25.4.